The van der Waals surface area contributed by atoms with Crippen LogP contribution in [0.1, 0.15) is 45.4 Å². The molecule has 1 aliphatic heterocycles. The minimum Gasteiger partial charge on any atom is -0.743 e. The monoisotopic (exact) mass is 662 g/mol. The number of hydrogen-bond acceptors (Lipinski definition) is 5. The average Bonchev–Trinajstić information content (AvgIpc) is 3.40. The second kappa shape index (κ2) is 12.9. The summed E-state index contributed by atoms with van der Waals surface area (Å²) >= 11 is 0. The van der Waals surface area contributed by atoms with Gasteiger partial charge in [0.25, 0.3) is 0 Å². The van der Waals surface area contributed by atoms with Crippen LogP contribution < -0.4 is 0 Å². The van der Waals surface area contributed by atoms with Crippen molar-refractivity contribution < 1.29 is 60.9 Å². The Morgan fingerprint density at radius 2 is 1.29 bits per heavy atom. The first-order chi connectivity index (χ1) is 18.6. The highest BCUT2D eigenvalue weighted by Gasteiger charge is 2.83. The van der Waals surface area contributed by atoms with E-state index in [2.05, 4.69) is 25.1 Å². The van der Waals surface area contributed by atoms with Gasteiger partial charge in [-0.2, -0.15) is 39.5 Å². The third-order valence-corrected chi connectivity index (χ3v) is 11.4. The van der Waals surface area contributed by atoms with Crippen molar-refractivity contribution in [2.24, 2.45) is 0 Å². The van der Waals surface area contributed by atoms with E-state index in [0.29, 0.717) is 15.8 Å². The zero-order valence-electron chi connectivity index (χ0n) is 21.5. The zero-order chi connectivity index (χ0) is 31.5. The van der Waals surface area contributed by atoms with Crippen LogP contribution in [0.2, 0.25) is 0 Å². The van der Waals surface area contributed by atoms with Crippen molar-refractivity contribution in [1.29, 1.82) is 0 Å². The average molecular weight is 663 g/mol. The minimum absolute atomic E-state index is 0.264. The number of benzene rings is 2. The molecule has 0 N–H and O–H groups in total. The molecular weight excluding hydrogens is 635 g/mol. The van der Waals surface area contributed by atoms with E-state index in [4.69, 9.17) is 0 Å². The number of hydrogen-bond donors (Lipinski definition) is 0. The highest BCUT2D eigenvalue weighted by Crippen LogP contribution is 2.54. The molecule has 1 heterocycles. The van der Waals surface area contributed by atoms with Crippen LogP contribution in [-0.4, -0.2) is 61.9 Å². The summed E-state index contributed by atoms with van der Waals surface area (Å²) in [6, 6.07) is 12.2. The lowest BCUT2D eigenvalue weighted by Gasteiger charge is -2.34. The predicted octanol–water partition coefficient (Wildman–Crippen LogP) is 6.92. The summed E-state index contributed by atoms with van der Waals surface area (Å²) in [5.74, 6) is -11.9. The van der Waals surface area contributed by atoms with Gasteiger partial charge in [-0.05, 0) is 54.3 Å². The minimum atomic E-state index is -7.43. The van der Waals surface area contributed by atoms with E-state index in [0.717, 1.165) is 36.5 Å². The summed E-state index contributed by atoms with van der Waals surface area (Å²) in [4.78, 5) is 1.91. The second-order valence-electron chi connectivity index (χ2n) is 9.28. The number of alkyl halides is 9. The molecule has 17 heteroatoms. The van der Waals surface area contributed by atoms with Gasteiger partial charge in [-0.15, -0.1) is 0 Å². The normalized spacial score (nSPS) is 16.1. The SMILES string of the molecule is CCCCCCS(=O)(=O)c1ccc2cc([S+]3CCCC3)ccc2c1.O=S(=O)([O-])C(F)(F)C(F)(F)C(F)(F)C(F)(F)F. The lowest BCUT2D eigenvalue weighted by atomic mass is 10.1. The Labute approximate surface area is 234 Å². The zero-order valence-corrected chi connectivity index (χ0v) is 23.9. The molecule has 2 aromatic carbocycles. The fourth-order valence-electron chi connectivity index (χ4n) is 3.82. The smallest absolute Gasteiger partial charge is 0.460 e. The molecule has 3 rings (SSSR count). The molecule has 0 saturated carbocycles. The van der Waals surface area contributed by atoms with Crippen molar-refractivity contribution in [1.82, 2.24) is 0 Å². The second-order valence-corrected chi connectivity index (χ2v) is 15.1. The van der Waals surface area contributed by atoms with E-state index in [-0.39, 0.29) is 5.75 Å². The Hall–Kier alpha value is -1.72. The molecule has 2 aromatic rings. The van der Waals surface area contributed by atoms with Crippen LogP contribution in [0.5, 0.6) is 0 Å². The van der Waals surface area contributed by atoms with Crippen LogP contribution in [0.25, 0.3) is 10.8 Å². The molecular formula is C24H27F9O5S3. The van der Waals surface area contributed by atoms with Crippen molar-refractivity contribution in [3.05, 3.63) is 36.4 Å². The molecule has 0 aromatic heterocycles. The summed E-state index contributed by atoms with van der Waals surface area (Å²) in [7, 11) is -10.2. The van der Waals surface area contributed by atoms with Gasteiger partial charge in [0.2, 0.25) is 0 Å². The van der Waals surface area contributed by atoms with Gasteiger partial charge >= 0.3 is 23.3 Å². The van der Waals surface area contributed by atoms with E-state index in [1.807, 2.05) is 12.1 Å². The topological polar surface area (TPSA) is 91.3 Å². The van der Waals surface area contributed by atoms with E-state index >= 15 is 0 Å². The van der Waals surface area contributed by atoms with Crippen molar-refractivity contribution in [3.63, 3.8) is 0 Å². The van der Waals surface area contributed by atoms with Gasteiger partial charge in [-0.3, -0.25) is 0 Å². The van der Waals surface area contributed by atoms with Crippen LogP contribution in [0.15, 0.2) is 46.2 Å². The van der Waals surface area contributed by atoms with Crippen LogP contribution in [-0.2, 0) is 30.9 Å². The van der Waals surface area contributed by atoms with Gasteiger partial charge in [-0.1, -0.05) is 32.3 Å². The van der Waals surface area contributed by atoms with Crippen LogP contribution in [0.4, 0.5) is 39.5 Å². The fourth-order valence-corrected chi connectivity index (χ4v) is 8.00. The maximum absolute atomic E-state index is 12.5. The van der Waals surface area contributed by atoms with Crippen LogP contribution in [0.3, 0.4) is 0 Å². The van der Waals surface area contributed by atoms with Gasteiger partial charge in [0.15, 0.2) is 24.9 Å². The first-order valence-corrected chi connectivity index (χ1v) is 16.8. The molecule has 234 valence electrons. The van der Waals surface area contributed by atoms with E-state index < -0.39 is 43.2 Å². The lowest BCUT2D eigenvalue weighted by molar-refractivity contribution is -0.382. The summed E-state index contributed by atoms with van der Waals surface area (Å²) < 4.78 is 160. The Morgan fingerprint density at radius 3 is 1.80 bits per heavy atom. The lowest BCUT2D eigenvalue weighted by Crippen LogP contribution is -2.63. The summed E-state index contributed by atoms with van der Waals surface area (Å²) in [6.45, 7) is 2.14. The van der Waals surface area contributed by atoms with E-state index in [1.165, 1.54) is 29.2 Å². The third kappa shape index (κ3) is 7.82. The molecule has 0 aliphatic carbocycles. The molecule has 0 amide bonds. The molecule has 41 heavy (non-hydrogen) atoms. The van der Waals surface area contributed by atoms with Gasteiger partial charge in [-0.25, -0.2) is 16.8 Å². The Bertz CT molecular complexity index is 1400. The molecule has 0 atom stereocenters. The number of halogens is 9. The Kier molecular flexibility index (Phi) is 11.1. The molecule has 1 aliphatic rings. The summed E-state index contributed by atoms with van der Waals surface area (Å²) in [6.07, 6.45) is -0.486. The molecule has 1 saturated heterocycles. The van der Waals surface area contributed by atoms with Crippen molar-refractivity contribution in [2.75, 3.05) is 17.3 Å². The predicted molar refractivity (Wildman–Crippen MR) is 135 cm³/mol. The van der Waals surface area contributed by atoms with Gasteiger partial charge in [0.05, 0.1) is 10.6 Å². The summed E-state index contributed by atoms with van der Waals surface area (Å²) in [5, 5.41) is -4.91. The Balaban J connectivity index is 0.000000307. The fraction of sp³-hybridized carbons (Fsp3) is 0.583. The van der Waals surface area contributed by atoms with Gasteiger partial charge in [0.1, 0.15) is 11.5 Å². The highest BCUT2D eigenvalue weighted by molar-refractivity contribution is 7.97. The first-order valence-electron chi connectivity index (χ1n) is 12.2. The quantitative estimate of drug-likeness (QED) is 0.119. The van der Waals surface area contributed by atoms with Crippen LogP contribution in [0, 0.1) is 0 Å². The molecule has 5 nitrogen and oxygen atoms in total. The van der Waals surface area contributed by atoms with Gasteiger partial charge in [0, 0.05) is 17.0 Å². The standard InChI is InChI=1S/C20H27O2S2.C4HF9O3S/c1-2-3-4-7-14-24(21,22)20-11-9-17-15-19(10-8-18(17)16-20)23-12-5-6-13-23;5-1(6,3(9,10)11)2(7,8)4(12,13)17(14,15)16/h8-11,15-16H,2-7,12-14H2,1H3;(H,14,15,16)/q+1;/p-1. The number of sulfone groups is 1. The van der Waals surface area contributed by atoms with Gasteiger partial charge < -0.3 is 4.55 Å². The van der Waals surface area contributed by atoms with Crippen LogP contribution >= 0.6 is 0 Å². The highest BCUT2D eigenvalue weighted by atomic mass is 32.2. The number of fused-ring (bicyclic) bond motifs is 1. The molecule has 0 unspecified atom stereocenters. The third-order valence-electron chi connectivity index (χ3n) is 6.20. The largest absolute Gasteiger partial charge is 0.743 e. The van der Waals surface area contributed by atoms with Crippen molar-refractivity contribution >= 4 is 41.6 Å². The Morgan fingerprint density at radius 1 is 0.756 bits per heavy atom. The van der Waals surface area contributed by atoms with Crippen molar-refractivity contribution in [2.45, 2.75) is 78.5 Å². The first kappa shape index (κ1) is 35.5. The maximum atomic E-state index is 12.5. The van der Waals surface area contributed by atoms with E-state index in [9.17, 15) is 60.9 Å². The summed E-state index contributed by atoms with van der Waals surface area (Å²) in [5.41, 5.74) is 0. The van der Waals surface area contributed by atoms with Crippen molar-refractivity contribution in [3.8, 4) is 0 Å². The molecule has 0 spiro atoms. The van der Waals surface area contributed by atoms with E-state index in [1.54, 1.807) is 6.07 Å². The molecule has 0 radical (unpaired) electrons. The maximum Gasteiger partial charge on any atom is 0.460 e. The number of unbranched alkanes of at least 4 members (excludes halogenated alkanes) is 3. The molecule has 0 bridgehead atoms. The molecule has 1 fully saturated rings. The number of rotatable bonds is 10.